The van der Waals surface area contributed by atoms with Gasteiger partial charge in [0, 0.05) is 5.03 Å². The van der Waals surface area contributed by atoms with Crippen molar-refractivity contribution in [3.63, 3.8) is 0 Å². The zero-order chi connectivity index (χ0) is 14.4. The Bertz CT molecular complexity index is 494. The summed E-state index contributed by atoms with van der Waals surface area (Å²) in [5.74, 6) is 0. The Morgan fingerprint density at radius 3 is 1.79 bits per heavy atom. The molecule has 0 saturated heterocycles. The summed E-state index contributed by atoms with van der Waals surface area (Å²) in [5.41, 5.74) is 5.62. The van der Waals surface area contributed by atoms with Crippen molar-refractivity contribution < 1.29 is 0 Å². The summed E-state index contributed by atoms with van der Waals surface area (Å²) in [5, 5.41) is 0.989. The molecule has 1 aliphatic rings. The molecule has 1 aliphatic carbocycles. The third kappa shape index (κ3) is 2.48. The average Bonchev–Trinajstić information content (AvgIpc) is 2.47. The molecule has 0 atom stereocenters. The Balaban J connectivity index is 2.70. The largest absolute Gasteiger partial charge is 0.0837 e. The fourth-order valence-corrected chi connectivity index (χ4v) is 4.48. The second-order valence-electron chi connectivity index (χ2n) is 7.22. The number of allylic oxidation sites excluding steroid dienone is 1. The van der Waals surface area contributed by atoms with Gasteiger partial charge in [-0.05, 0) is 59.8 Å². The minimum atomic E-state index is 0.204. The zero-order valence-corrected chi connectivity index (χ0v) is 13.8. The molecule has 0 radical (unpaired) electrons. The fourth-order valence-electron chi connectivity index (χ4n) is 3.67. The highest BCUT2D eigenvalue weighted by atomic mass is 35.5. The SMILES string of the molecule is Cc1cccc(C)c1C(Cl)=C1C(C)(C)CCC1(C)C. The van der Waals surface area contributed by atoms with Crippen molar-refractivity contribution in [1.29, 1.82) is 0 Å². The number of hydrogen-bond donors (Lipinski definition) is 0. The lowest BCUT2D eigenvalue weighted by molar-refractivity contribution is 0.448. The number of rotatable bonds is 1. The van der Waals surface area contributed by atoms with Gasteiger partial charge >= 0.3 is 0 Å². The number of halogens is 1. The van der Waals surface area contributed by atoms with Crippen LogP contribution in [0.2, 0.25) is 0 Å². The van der Waals surface area contributed by atoms with E-state index in [0.717, 1.165) is 5.03 Å². The van der Waals surface area contributed by atoms with Crippen LogP contribution in [0.1, 0.15) is 57.2 Å². The van der Waals surface area contributed by atoms with E-state index < -0.39 is 0 Å². The molecule has 1 aromatic rings. The van der Waals surface area contributed by atoms with Gasteiger partial charge in [-0.15, -0.1) is 0 Å². The molecule has 1 aromatic carbocycles. The Kier molecular flexibility index (Phi) is 3.60. The van der Waals surface area contributed by atoms with Crippen LogP contribution in [0.5, 0.6) is 0 Å². The van der Waals surface area contributed by atoms with Gasteiger partial charge < -0.3 is 0 Å². The third-order valence-electron chi connectivity index (χ3n) is 4.65. The van der Waals surface area contributed by atoms with Crippen LogP contribution in [-0.4, -0.2) is 0 Å². The van der Waals surface area contributed by atoms with Crippen molar-refractivity contribution >= 4 is 16.6 Å². The van der Waals surface area contributed by atoms with Crippen molar-refractivity contribution in [2.24, 2.45) is 10.8 Å². The van der Waals surface area contributed by atoms with Crippen LogP contribution in [0.15, 0.2) is 23.8 Å². The Hall–Kier alpha value is -0.750. The predicted molar refractivity (Wildman–Crippen MR) is 85.5 cm³/mol. The normalized spacial score (nSPS) is 20.7. The monoisotopic (exact) mass is 276 g/mol. The first kappa shape index (κ1) is 14.7. The minimum absolute atomic E-state index is 0.204. The molecular formula is C18H25Cl. The summed E-state index contributed by atoms with van der Waals surface area (Å²) >= 11 is 6.87. The van der Waals surface area contributed by atoms with Gasteiger partial charge in [0.15, 0.2) is 0 Å². The standard InChI is InChI=1S/C18H25Cl/c1-12-8-7-9-13(2)14(12)15(19)16-17(3,4)10-11-18(16,5)6/h7-9H,10-11H2,1-6H3. The van der Waals surface area contributed by atoms with Gasteiger partial charge in [-0.3, -0.25) is 0 Å². The molecule has 0 aliphatic heterocycles. The second kappa shape index (κ2) is 4.66. The lowest BCUT2D eigenvalue weighted by Gasteiger charge is -2.30. The average molecular weight is 277 g/mol. The van der Waals surface area contributed by atoms with Crippen LogP contribution in [0.25, 0.3) is 5.03 Å². The van der Waals surface area contributed by atoms with Crippen molar-refractivity contribution in [3.05, 3.63) is 40.5 Å². The van der Waals surface area contributed by atoms with Crippen molar-refractivity contribution in [3.8, 4) is 0 Å². The summed E-state index contributed by atoms with van der Waals surface area (Å²) < 4.78 is 0. The molecular weight excluding hydrogens is 252 g/mol. The molecule has 0 spiro atoms. The van der Waals surface area contributed by atoms with Crippen molar-refractivity contribution in [2.75, 3.05) is 0 Å². The molecule has 1 heteroatoms. The fraction of sp³-hybridized carbons (Fsp3) is 0.556. The van der Waals surface area contributed by atoms with E-state index in [-0.39, 0.29) is 10.8 Å². The summed E-state index contributed by atoms with van der Waals surface area (Å²) in [6.45, 7) is 13.6. The first-order valence-electron chi connectivity index (χ1n) is 7.14. The van der Waals surface area contributed by atoms with Gasteiger partial charge in [0.25, 0.3) is 0 Å². The van der Waals surface area contributed by atoms with E-state index in [4.69, 9.17) is 11.6 Å². The summed E-state index contributed by atoms with van der Waals surface area (Å²) in [4.78, 5) is 0. The first-order chi connectivity index (χ1) is 8.67. The molecule has 1 saturated carbocycles. The zero-order valence-electron chi connectivity index (χ0n) is 13.0. The molecule has 0 unspecified atom stereocenters. The van der Waals surface area contributed by atoms with E-state index in [1.54, 1.807) is 0 Å². The topological polar surface area (TPSA) is 0 Å². The van der Waals surface area contributed by atoms with Gasteiger partial charge in [-0.1, -0.05) is 57.5 Å². The van der Waals surface area contributed by atoms with Gasteiger partial charge in [-0.25, -0.2) is 0 Å². The summed E-state index contributed by atoms with van der Waals surface area (Å²) in [6.07, 6.45) is 2.44. The quantitative estimate of drug-likeness (QED) is 0.581. The molecule has 0 N–H and O–H groups in total. The maximum atomic E-state index is 6.87. The number of benzene rings is 1. The van der Waals surface area contributed by atoms with E-state index in [1.807, 2.05) is 0 Å². The van der Waals surface area contributed by atoms with E-state index >= 15 is 0 Å². The van der Waals surface area contributed by atoms with E-state index in [2.05, 4.69) is 59.7 Å². The molecule has 0 bridgehead atoms. The third-order valence-corrected chi connectivity index (χ3v) is 5.03. The maximum Gasteiger partial charge on any atom is 0.0486 e. The van der Waals surface area contributed by atoms with E-state index in [0.29, 0.717) is 0 Å². The highest BCUT2D eigenvalue weighted by Gasteiger charge is 2.43. The summed E-state index contributed by atoms with van der Waals surface area (Å²) in [7, 11) is 0. The van der Waals surface area contributed by atoms with E-state index in [1.165, 1.54) is 35.1 Å². The van der Waals surface area contributed by atoms with Crippen LogP contribution in [0, 0.1) is 24.7 Å². The molecule has 1 fully saturated rings. The van der Waals surface area contributed by atoms with Gasteiger partial charge in [0.05, 0.1) is 0 Å². The lowest BCUT2D eigenvalue weighted by atomic mass is 9.76. The van der Waals surface area contributed by atoms with Crippen LogP contribution in [0.3, 0.4) is 0 Å². The predicted octanol–water partition coefficient (Wildman–Crippen LogP) is 6.10. The maximum absolute atomic E-state index is 6.87. The Morgan fingerprint density at radius 1 is 0.947 bits per heavy atom. The molecule has 19 heavy (non-hydrogen) atoms. The molecule has 0 amide bonds. The highest BCUT2D eigenvalue weighted by Crippen LogP contribution is 2.57. The van der Waals surface area contributed by atoms with Gasteiger partial charge in [-0.2, -0.15) is 0 Å². The van der Waals surface area contributed by atoms with Gasteiger partial charge in [0.1, 0.15) is 0 Å². The lowest BCUT2D eigenvalue weighted by Crippen LogP contribution is -2.18. The minimum Gasteiger partial charge on any atom is -0.0837 e. The first-order valence-corrected chi connectivity index (χ1v) is 7.52. The number of hydrogen-bond acceptors (Lipinski definition) is 0. The van der Waals surface area contributed by atoms with Crippen molar-refractivity contribution in [2.45, 2.75) is 54.4 Å². The number of aryl methyl sites for hydroxylation is 2. The molecule has 0 aromatic heterocycles. The van der Waals surface area contributed by atoms with Crippen LogP contribution in [0.4, 0.5) is 0 Å². The molecule has 0 heterocycles. The van der Waals surface area contributed by atoms with Crippen LogP contribution >= 0.6 is 11.6 Å². The summed E-state index contributed by atoms with van der Waals surface area (Å²) in [6, 6.07) is 6.41. The smallest absolute Gasteiger partial charge is 0.0486 e. The molecule has 2 rings (SSSR count). The molecule has 0 nitrogen and oxygen atoms in total. The van der Waals surface area contributed by atoms with Crippen molar-refractivity contribution in [1.82, 2.24) is 0 Å². The van der Waals surface area contributed by atoms with Gasteiger partial charge in [0.2, 0.25) is 0 Å². The Morgan fingerprint density at radius 2 is 1.37 bits per heavy atom. The van der Waals surface area contributed by atoms with Crippen LogP contribution in [-0.2, 0) is 0 Å². The molecule has 104 valence electrons. The Labute approximate surface area is 122 Å². The van der Waals surface area contributed by atoms with E-state index in [9.17, 15) is 0 Å². The van der Waals surface area contributed by atoms with Crippen LogP contribution < -0.4 is 0 Å². The second-order valence-corrected chi connectivity index (χ2v) is 7.60. The highest BCUT2D eigenvalue weighted by molar-refractivity contribution is 6.49.